The summed E-state index contributed by atoms with van der Waals surface area (Å²) in [7, 11) is 5.83. The maximum atomic E-state index is 13.4. The molecule has 0 radical (unpaired) electrons. The highest BCUT2D eigenvalue weighted by Gasteiger charge is 2.41. The number of rotatable bonds is 9. The second-order valence-electron chi connectivity index (χ2n) is 14.1. The maximum Gasteiger partial charge on any atom is 0.251 e. The standard InChI is InChI=1S/C40H40N8O4Si/c1-47(2)26-12-15-29-32(18-26)53(5,6)33-19-27(48(3)4)13-16-30(33)34(29)28-14-11-25(17-31(28)39(50)51)37(49)42-20-23-7-9-24(10-8-23)21-52-38-35-36(44-22-43-35)45-40(41)46-38/h7-19,22,41-42H,20-21H2,1-6H3,(H2,49,50,51). The third kappa shape index (κ3) is 6.62. The first-order valence-corrected chi connectivity index (χ1v) is 20.1. The van der Waals surface area contributed by atoms with Gasteiger partial charge in [-0.1, -0.05) is 49.5 Å². The van der Waals surface area contributed by atoms with Crippen LogP contribution in [-0.2, 0) is 13.2 Å². The number of allylic oxidation sites excluding steroid dienone is 5. The van der Waals surface area contributed by atoms with Gasteiger partial charge < -0.3 is 35.6 Å². The fraction of sp³-hybridized carbons (Fsp3) is 0.200. The minimum atomic E-state index is -2.23. The van der Waals surface area contributed by atoms with E-state index in [0.29, 0.717) is 22.6 Å². The number of amides is 1. The summed E-state index contributed by atoms with van der Waals surface area (Å²) in [6.45, 7) is 5.14. The molecule has 3 heterocycles. The van der Waals surface area contributed by atoms with Crippen LogP contribution in [0.4, 0.5) is 11.6 Å². The fourth-order valence-corrected chi connectivity index (χ4v) is 9.93. The van der Waals surface area contributed by atoms with E-state index in [0.717, 1.165) is 39.2 Å². The zero-order valence-electron chi connectivity index (χ0n) is 30.4. The number of aromatic amines is 1. The lowest BCUT2D eigenvalue weighted by molar-refractivity contribution is -0.462. The lowest BCUT2D eigenvalue weighted by Crippen LogP contribution is -2.50. The van der Waals surface area contributed by atoms with Gasteiger partial charge in [0.1, 0.15) is 34.3 Å². The Morgan fingerprint density at radius 2 is 1.72 bits per heavy atom. The first kappa shape index (κ1) is 35.1. The van der Waals surface area contributed by atoms with Gasteiger partial charge in [-0.05, 0) is 74.1 Å². The van der Waals surface area contributed by atoms with Crippen LogP contribution < -0.4 is 31.0 Å². The molecule has 268 valence electrons. The average molecular weight is 725 g/mol. The van der Waals surface area contributed by atoms with Crippen LogP contribution in [0, 0.1) is 0 Å². The fourth-order valence-electron chi connectivity index (χ4n) is 6.86. The number of H-pyrrole nitrogens is 1. The Kier molecular flexibility index (Phi) is 9.04. The number of aromatic carboxylic acids is 1. The lowest BCUT2D eigenvalue weighted by atomic mass is 9.86. The number of anilines is 2. The van der Waals surface area contributed by atoms with Crippen molar-refractivity contribution >= 4 is 59.2 Å². The van der Waals surface area contributed by atoms with Crippen LogP contribution in [0.2, 0.25) is 13.1 Å². The quantitative estimate of drug-likeness (QED) is 0.153. The second-order valence-corrected chi connectivity index (χ2v) is 18.4. The molecular weight excluding hydrogens is 685 g/mol. The van der Waals surface area contributed by atoms with Crippen molar-refractivity contribution in [1.82, 2.24) is 25.3 Å². The first-order chi connectivity index (χ1) is 25.3. The van der Waals surface area contributed by atoms with Crippen molar-refractivity contribution in [3.8, 4) is 5.88 Å². The molecule has 13 heteroatoms. The minimum Gasteiger partial charge on any atom is -0.545 e. The lowest BCUT2D eigenvalue weighted by Gasteiger charge is -2.38. The van der Waals surface area contributed by atoms with Gasteiger partial charge in [-0.25, -0.2) is 9.56 Å². The molecule has 7 rings (SSSR count). The van der Waals surface area contributed by atoms with E-state index >= 15 is 0 Å². The SMILES string of the molecule is CN(C)c1ccc2c(c1)[Si](C)(C)C1=CC(=[N+](C)C)C=CC1=C2c1ccc(C(=O)NCc2ccc(COc3nc(N)nc4nc[nH]c34)cc2)cc1C(=O)[O-]. The van der Waals surface area contributed by atoms with Crippen LogP contribution in [0.5, 0.6) is 5.88 Å². The molecule has 1 amide bonds. The van der Waals surface area contributed by atoms with Crippen molar-refractivity contribution in [2.45, 2.75) is 26.2 Å². The van der Waals surface area contributed by atoms with Crippen molar-refractivity contribution in [2.75, 3.05) is 38.8 Å². The number of aromatic nitrogens is 4. The third-order valence-corrected chi connectivity index (χ3v) is 13.3. The van der Waals surface area contributed by atoms with Gasteiger partial charge in [0.25, 0.3) is 5.91 Å². The summed E-state index contributed by atoms with van der Waals surface area (Å²) >= 11 is 0. The van der Waals surface area contributed by atoms with Gasteiger partial charge >= 0.3 is 0 Å². The van der Waals surface area contributed by atoms with Crippen molar-refractivity contribution < 1.29 is 24.0 Å². The van der Waals surface area contributed by atoms with Crippen molar-refractivity contribution in [3.63, 3.8) is 0 Å². The number of hydrogen-bond donors (Lipinski definition) is 3. The van der Waals surface area contributed by atoms with Crippen molar-refractivity contribution in [2.24, 2.45) is 0 Å². The van der Waals surface area contributed by atoms with Crippen molar-refractivity contribution in [1.29, 1.82) is 0 Å². The summed E-state index contributed by atoms with van der Waals surface area (Å²) < 4.78 is 7.95. The van der Waals surface area contributed by atoms with Gasteiger partial charge in [-0.3, -0.25) is 4.79 Å². The summed E-state index contributed by atoms with van der Waals surface area (Å²) in [6, 6.07) is 18.8. The number of nitrogens with zero attached hydrogens (tertiary/aromatic N) is 5. The summed E-state index contributed by atoms with van der Waals surface area (Å²) in [5, 5.41) is 18.2. The van der Waals surface area contributed by atoms with E-state index in [-0.39, 0.29) is 30.2 Å². The molecule has 12 nitrogen and oxygen atoms in total. The third-order valence-electron chi connectivity index (χ3n) is 9.82. The Hall–Kier alpha value is -6.34. The summed E-state index contributed by atoms with van der Waals surface area (Å²) in [5.74, 6) is -1.37. The van der Waals surface area contributed by atoms with Crippen LogP contribution in [-0.4, -0.2) is 78.4 Å². The molecule has 2 aliphatic rings. The van der Waals surface area contributed by atoms with Gasteiger partial charge in [0.15, 0.2) is 11.4 Å². The van der Waals surface area contributed by atoms with E-state index < -0.39 is 20.0 Å². The number of nitrogens with two attached hydrogens (primary N) is 1. The molecule has 0 unspecified atom stereocenters. The Morgan fingerprint density at radius 1 is 0.981 bits per heavy atom. The van der Waals surface area contributed by atoms with E-state index in [1.807, 2.05) is 52.5 Å². The van der Waals surface area contributed by atoms with Crippen molar-refractivity contribution in [3.05, 3.63) is 129 Å². The zero-order valence-corrected chi connectivity index (χ0v) is 31.4. The largest absolute Gasteiger partial charge is 0.545 e. The molecule has 0 saturated heterocycles. The molecule has 0 saturated carbocycles. The zero-order chi connectivity index (χ0) is 37.6. The van der Waals surface area contributed by atoms with Gasteiger partial charge in [-0.15, -0.1) is 0 Å². The minimum absolute atomic E-state index is 0.0403. The Labute approximate surface area is 308 Å². The molecule has 0 spiro atoms. The van der Waals surface area contributed by atoms with E-state index in [1.54, 1.807) is 12.1 Å². The van der Waals surface area contributed by atoms with Gasteiger partial charge in [0.05, 0.1) is 12.3 Å². The number of benzene rings is 3. The first-order valence-electron chi connectivity index (χ1n) is 17.1. The average Bonchev–Trinajstić information content (AvgIpc) is 3.62. The van der Waals surface area contributed by atoms with Crippen LogP contribution in [0.1, 0.15) is 43.0 Å². The highest BCUT2D eigenvalue weighted by atomic mass is 28.3. The van der Waals surface area contributed by atoms with E-state index in [9.17, 15) is 14.7 Å². The van der Waals surface area contributed by atoms with Crippen LogP contribution >= 0.6 is 0 Å². The molecule has 1 aliphatic carbocycles. The number of carbonyl (C=O) groups is 2. The Bertz CT molecular complexity index is 2440. The Balaban J connectivity index is 1.14. The molecule has 4 N–H and O–H groups in total. The topological polar surface area (TPSA) is 165 Å². The van der Waals surface area contributed by atoms with Gasteiger partial charge in [0.2, 0.25) is 11.8 Å². The number of fused-ring (bicyclic) bond motifs is 3. The predicted molar refractivity (Wildman–Crippen MR) is 207 cm³/mol. The number of carboxylic acids is 1. The molecule has 0 bridgehead atoms. The molecule has 0 atom stereocenters. The molecule has 1 aliphatic heterocycles. The molecule has 5 aromatic rings. The number of ether oxygens (including phenoxy) is 1. The predicted octanol–water partition coefficient (Wildman–Crippen LogP) is 3.35. The number of nitrogen functional groups attached to an aromatic ring is 1. The van der Waals surface area contributed by atoms with Gasteiger partial charge in [-0.2, -0.15) is 9.97 Å². The second kappa shape index (κ2) is 13.7. The number of hydrogen-bond acceptors (Lipinski definition) is 9. The van der Waals surface area contributed by atoms with E-state index in [2.05, 4.69) is 84.2 Å². The molecule has 3 aromatic carbocycles. The molecule has 2 aromatic heterocycles. The molecule has 0 fully saturated rings. The Morgan fingerprint density at radius 3 is 2.43 bits per heavy atom. The number of nitrogens with one attached hydrogen (secondary N) is 2. The highest BCUT2D eigenvalue weighted by molar-refractivity contribution is 6.98. The number of imidazole rings is 1. The van der Waals surface area contributed by atoms with Gasteiger partial charge in [0, 0.05) is 49.6 Å². The highest BCUT2D eigenvalue weighted by Crippen LogP contribution is 2.42. The normalized spacial score (nSPS) is 14.4. The van der Waals surface area contributed by atoms with E-state index in [1.165, 1.54) is 22.8 Å². The number of carboxylic acid groups (broad SMARTS) is 1. The summed E-state index contributed by atoms with van der Waals surface area (Å²) in [5.41, 5.74) is 14.2. The van der Waals surface area contributed by atoms with Crippen LogP contribution in [0.3, 0.4) is 0 Å². The monoisotopic (exact) mass is 724 g/mol. The molecule has 53 heavy (non-hydrogen) atoms. The maximum absolute atomic E-state index is 13.4. The smallest absolute Gasteiger partial charge is 0.251 e. The molecular formula is C40H40N8O4Si. The van der Waals surface area contributed by atoms with E-state index in [4.69, 9.17) is 10.5 Å². The van der Waals surface area contributed by atoms with Crippen LogP contribution in [0.15, 0.2) is 96.0 Å². The number of carbonyl (C=O) groups excluding carboxylic acids is 2. The summed E-state index contributed by atoms with van der Waals surface area (Å²) in [4.78, 5) is 43.6. The van der Waals surface area contributed by atoms with Crippen LogP contribution in [0.25, 0.3) is 16.7 Å². The summed E-state index contributed by atoms with van der Waals surface area (Å²) in [6.07, 6.45) is 7.90.